The number of nitrogens with zero attached hydrogens (tertiary/aromatic N) is 2. The van der Waals surface area contributed by atoms with Gasteiger partial charge in [-0.25, -0.2) is 4.98 Å². The number of pyridine rings is 1. The van der Waals surface area contributed by atoms with Crippen molar-refractivity contribution in [1.29, 1.82) is 0 Å². The highest BCUT2D eigenvalue weighted by Crippen LogP contribution is 2.24. The Hall–Kier alpha value is -1.40. The molecule has 94 valence electrons. The molecule has 0 radical (unpaired) electrons. The van der Waals surface area contributed by atoms with Gasteiger partial charge in [-0.05, 0) is 13.0 Å². The van der Waals surface area contributed by atoms with Crippen LogP contribution in [0.25, 0.3) is 0 Å². The van der Waals surface area contributed by atoms with E-state index < -0.39 is 4.92 Å². The lowest BCUT2D eigenvalue weighted by atomic mass is 10.4. The summed E-state index contributed by atoms with van der Waals surface area (Å²) in [6, 6.07) is 1.29. The van der Waals surface area contributed by atoms with Crippen LogP contribution in [-0.4, -0.2) is 29.5 Å². The van der Waals surface area contributed by atoms with Crippen molar-refractivity contribution in [2.24, 2.45) is 0 Å². The molecular weight excluding hydrogens is 244 g/mol. The standard InChI is InChI=1S/C10H15ClN4O2/c1-2-3-12-4-5-13-10-9(15(16)17)6-8(11)7-14-10/h6-7,12H,2-5H2,1H3,(H,13,14). The van der Waals surface area contributed by atoms with Crippen molar-refractivity contribution in [3.63, 3.8) is 0 Å². The second-order valence-electron chi connectivity index (χ2n) is 3.46. The average molecular weight is 259 g/mol. The molecule has 7 heteroatoms. The Balaban J connectivity index is 2.55. The van der Waals surface area contributed by atoms with Crippen molar-refractivity contribution >= 4 is 23.1 Å². The Morgan fingerprint density at radius 3 is 2.88 bits per heavy atom. The lowest BCUT2D eigenvalue weighted by Gasteiger charge is -2.06. The van der Waals surface area contributed by atoms with Crippen LogP contribution in [0, 0.1) is 10.1 Å². The molecule has 2 N–H and O–H groups in total. The number of hydrogen-bond acceptors (Lipinski definition) is 5. The van der Waals surface area contributed by atoms with Crippen LogP contribution in [0.15, 0.2) is 12.3 Å². The summed E-state index contributed by atoms with van der Waals surface area (Å²) < 4.78 is 0. The summed E-state index contributed by atoms with van der Waals surface area (Å²) >= 11 is 5.66. The molecule has 0 bridgehead atoms. The number of nitro groups is 1. The topological polar surface area (TPSA) is 80.1 Å². The van der Waals surface area contributed by atoms with Crippen LogP contribution in [0.5, 0.6) is 0 Å². The number of nitrogens with one attached hydrogen (secondary N) is 2. The summed E-state index contributed by atoms with van der Waals surface area (Å²) in [6.45, 7) is 4.31. The molecule has 0 saturated heterocycles. The van der Waals surface area contributed by atoms with Gasteiger partial charge in [-0.1, -0.05) is 18.5 Å². The van der Waals surface area contributed by atoms with Crippen LogP contribution >= 0.6 is 11.6 Å². The Bertz CT molecular complexity index is 387. The normalized spacial score (nSPS) is 10.2. The van der Waals surface area contributed by atoms with Crippen molar-refractivity contribution in [2.75, 3.05) is 25.0 Å². The summed E-state index contributed by atoms with van der Waals surface area (Å²) in [7, 11) is 0. The molecular formula is C10H15ClN4O2. The fourth-order valence-corrected chi connectivity index (χ4v) is 1.43. The number of halogens is 1. The van der Waals surface area contributed by atoms with E-state index in [0.717, 1.165) is 19.5 Å². The molecule has 1 heterocycles. The first-order chi connectivity index (χ1) is 8.15. The van der Waals surface area contributed by atoms with Gasteiger partial charge in [0, 0.05) is 25.4 Å². The molecule has 0 spiro atoms. The highest BCUT2D eigenvalue weighted by molar-refractivity contribution is 6.30. The fraction of sp³-hybridized carbons (Fsp3) is 0.500. The van der Waals surface area contributed by atoms with Crippen LogP contribution in [0.3, 0.4) is 0 Å². The van der Waals surface area contributed by atoms with Gasteiger partial charge in [0.05, 0.1) is 9.95 Å². The molecule has 0 aromatic carbocycles. The molecule has 0 amide bonds. The molecule has 0 atom stereocenters. The second-order valence-corrected chi connectivity index (χ2v) is 3.89. The maximum Gasteiger partial charge on any atom is 0.312 e. The van der Waals surface area contributed by atoms with Gasteiger partial charge >= 0.3 is 5.69 Å². The molecule has 0 aliphatic heterocycles. The number of hydrogen-bond donors (Lipinski definition) is 2. The molecule has 17 heavy (non-hydrogen) atoms. The van der Waals surface area contributed by atoms with Crippen molar-refractivity contribution in [2.45, 2.75) is 13.3 Å². The van der Waals surface area contributed by atoms with Crippen LogP contribution in [0.1, 0.15) is 13.3 Å². The van der Waals surface area contributed by atoms with Crippen LogP contribution in [-0.2, 0) is 0 Å². The molecule has 0 aliphatic carbocycles. The summed E-state index contributed by atoms with van der Waals surface area (Å²) in [5.74, 6) is 0.248. The van der Waals surface area contributed by atoms with Gasteiger partial charge in [0.15, 0.2) is 0 Å². The highest BCUT2D eigenvalue weighted by atomic mass is 35.5. The smallest absolute Gasteiger partial charge is 0.312 e. The van der Waals surface area contributed by atoms with Crippen LogP contribution in [0.4, 0.5) is 11.5 Å². The largest absolute Gasteiger partial charge is 0.363 e. The molecule has 0 fully saturated rings. The first-order valence-electron chi connectivity index (χ1n) is 5.39. The number of rotatable bonds is 7. The SMILES string of the molecule is CCCNCCNc1ncc(Cl)cc1[N+](=O)[O-]. The van der Waals surface area contributed by atoms with E-state index in [2.05, 4.69) is 22.5 Å². The zero-order valence-electron chi connectivity index (χ0n) is 9.57. The number of aromatic nitrogens is 1. The predicted octanol–water partition coefficient (Wildman–Crippen LogP) is 2.05. The van der Waals surface area contributed by atoms with Crippen LogP contribution < -0.4 is 10.6 Å². The quantitative estimate of drug-likeness (QED) is 0.445. The lowest BCUT2D eigenvalue weighted by Crippen LogP contribution is -2.23. The number of anilines is 1. The minimum absolute atomic E-state index is 0.104. The zero-order valence-corrected chi connectivity index (χ0v) is 10.3. The Morgan fingerprint density at radius 2 is 2.24 bits per heavy atom. The van der Waals surface area contributed by atoms with Crippen molar-refractivity contribution in [1.82, 2.24) is 10.3 Å². The Labute approximate surface area is 105 Å². The van der Waals surface area contributed by atoms with Gasteiger partial charge in [0.2, 0.25) is 5.82 Å². The monoisotopic (exact) mass is 258 g/mol. The van der Waals surface area contributed by atoms with Gasteiger partial charge in [0.1, 0.15) is 0 Å². The van der Waals surface area contributed by atoms with E-state index in [9.17, 15) is 10.1 Å². The van der Waals surface area contributed by atoms with E-state index in [0.29, 0.717) is 6.54 Å². The fourth-order valence-electron chi connectivity index (χ4n) is 1.28. The van der Waals surface area contributed by atoms with Crippen molar-refractivity contribution in [3.05, 3.63) is 27.4 Å². The van der Waals surface area contributed by atoms with Gasteiger partial charge in [-0.2, -0.15) is 0 Å². The van der Waals surface area contributed by atoms with E-state index in [1.807, 2.05) is 0 Å². The molecule has 1 aromatic rings. The zero-order chi connectivity index (χ0) is 12.7. The Morgan fingerprint density at radius 1 is 1.47 bits per heavy atom. The second kappa shape index (κ2) is 7.03. The summed E-state index contributed by atoms with van der Waals surface area (Å²) in [4.78, 5) is 14.2. The van der Waals surface area contributed by atoms with Gasteiger partial charge in [-0.3, -0.25) is 10.1 Å². The first-order valence-corrected chi connectivity index (χ1v) is 5.77. The van der Waals surface area contributed by atoms with Crippen molar-refractivity contribution < 1.29 is 4.92 Å². The third-order valence-electron chi connectivity index (χ3n) is 2.05. The third-order valence-corrected chi connectivity index (χ3v) is 2.26. The molecule has 1 aromatic heterocycles. The Kier molecular flexibility index (Phi) is 5.65. The molecule has 0 unspecified atom stereocenters. The highest BCUT2D eigenvalue weighted by Gasteiger charge is 2.15. The van der Waals surface area contributed by atoms with Gasteiger partial charge < -0.3 is 10.6 Å². The summed E-state index contributed by atoms with van der Waals surface area (Å²) in [5, 5.41) is 17.1. The average Bonchev–Trinajstić information content (AvgIpc) is 2.30. The maximum atomic E-state index is 10.8. The molecule has 6 nitrogen and oxygen atoms in total. The predicted molar refractivity (Wildman–Crippen MR) is 67.6 cm³/mol. The summed E-state index contributed by atoms with van der Waals surface area (Å²) in [5.41, 5.74) is -0.104. The van der Waals surface area contributed by atoms with Crippen LogP contribution in [0.2, 0.25) is 5.02 Å². The van der Waals surface area contributed by atoms with E-state index in [1.54, 1.807) is 0 Å². The minimum atomic E-state index is -0.499. The molecule has 0 saturated carbocycles. The van der Waals surface area contributed by atoms with E-state index in [1.165, 1.54) is 12.3 Å². The molecule has 1 rings (SSSR count). The summed E-state index contributed by atoms with van der Waals surface area (Å²) in [6.07, 6.45) is 2.44. The lowest BCUT2D eigenvalue weighted by molar-refractivity contribution is -0.384. The van der Waals surface area contributed by atoms with Gasteiger partial charge in [0.25, 0.3) is 0 Å². The van der Waals surface area contributed by atoms with Crippen molar-refractivity contribution in [3.8, 4) is 0 Å². The van der Waals surface area contributed by atoms with E-state index >= 15 is 0 Å². The van der Waals surface area contributed by atoms with E-state index in [-0.39, 0.29) is 16.5 Å². The first kappa shape index (κ1) is 13.7. The van der Waals surface area contributed by atoms with E-state index in [4.69, 9.17) is 11.6 Å². The molecule has 0 aliphatic rings. The minimum Gasteiger partial charge on any atom is -0.363 e. The van der Waals surface area contributed by atoms with Gasteiger partial charge in [-0.15, -0.1) is 0 Å². The third kappa shape index (κ3) is 4.54. The maximum absolute atomic E-state index is 10.8.